The second-order valence-corrected chi connectivity index (χ2v) is 6.10. The van der Waals surface area contributed by atoms with Crippen LogP contribution in [0.3, 0.4) is 0 Å². The van der Waals surface area contributed by atoms with E-state index in [9.17, 15) is 9.18 Å². The van der Waals surface area contributed by atoms with Gasteiger partial charge in [-0.3, -0.25) is 4.79 Å². The van der Waals surface area contributed by atoms with Crippen LogP contribution in [0.5, 0.6) is 5.75 Å². The van der Waals surface area contributed by atoms with E-state index in [2.05, 4.69) is 9.97 Å². The quantitative estimate of drug-likeness (QED) is 0.792. The van der Waals surface area contributed by atoms with Crippen molar-refractivity contribution in [3.8, 4) is 5.75 Å². The van der Waals surface area contributed by atoms with Crippen LogP contribution in [0.1, 0.15) is 24.7 Å². The van der Waals surface area contributed by atoms with Crippen LogP contribution in [0.25, 0.3) is 11.0 Å². The number of hydrogen-bond acceptors (Lipinski definition) is 3. The first kappa shape index (κ1) is 15.6. The molecular formula is C19H18FN3O2. The zero-order chi connectivity index (χ0) is 17.2. The number of hydrogen-bond donors (Lipinski definition) is 1. The third-order valence-corrected chi connectivity index (χ3v) is 4.48. The number of para-hydroxylation sites is 3. The van der Waals surface area contributed by atoms with Crippen LogP contribution in [-0.4, -0.2) is 33.9 Å². The van der Waals surface area contributed by atoms with Crippen molar-refractivity contribution < 1.29 is 13.9 Å². The number of fused-ring (bicyclic) bond motifs is 1. The minimum Gasteiger partial charge on any atom is -0.481 e. The molecule has 4 rings (SSSR count). The molecule has 25 heavy (non-hydrogen) atoms. The number of nitrogens with zero attached hydrogens (tertiary/aromatic N) is 2. The molecule has 1 N–H and O–H groups in total. The summed E-state index contributed by atoms with van der Waals surface area (Å²) in [4.78, 5) is 22.2. The number of carbonyl (C=O) groups is 1. The number of carbonyl (C=O) groups excluding carboxylic acids is 1. The van der Waals surface area contributed by atoms with Gasteiger partial charge in [-0.15, -0.1) is 0 Å². The fourth-order valence-electron chi connectivity index (χ4n) is 3.26. The second-order valence-electron chi connectivity index (χ2n) is 6.10. The summed E-state index contributed by atoms with van der Waals surface area (Å²) in [5.74, 6) is 0.255. The number of halogens is 1. The lowest BCUT2D eigenvalue weighted by Gasteiger charge is -2.23. The average Bonchev–Trinajstić information content (AvgIpc) is 3.27. The van der Waals surface area contributed by atoms with Gasteiger partial charge in [0.1, 0.15) is 5.82 Å². The molecule has 1 aliphatic rings. The molecule has 1 fully saturated rings. The lowest BCUT2D eigenvalue weighted by molar-refractivity contribution is -0.134. The minimum absolute atomic E-state index is 0.0929. The summed E-state index contributed by atoms with van der Waals surface area (Å²) in [7, 11) is 0. The Labute approximate surface area is 144 Å². The standard InChI is InChI=1S/C19H18FN3O2/c20-13-6-1-4-10-17(13)25-12-18(24)23-11-5-9-16(23)19-21-14-7-2-3-8-15(14)22-19/h1-4,6-8,10,16H,5,9,11-12H2,(H,21,22)/t16-/m1/s1. The first-order valence-corrected chi connectivity index (χ1v) is 8.34. The second kappa shape index (κ2) is 6.55. The summed E-state index contributed by atoms with van der Waals surface area (Å²) in [5.41, 5.74) is 1.85. The van der Waals surface area contributed by atoms with Gasteiger partial charge in [-0.25, -0.2) is 9.37 Å². The molecule has 1 aliphatic heterocycles. The predicted octanol–water partition coefficient (Wildman–Crippen LogP) is 3.44. The Balaban J connectivity index is 1.49. The Morgan fingerprint density at radius 1 is 1.24 bits per heavy atom. The van der Waals surface area contributed by atoms with Gasteiger partial charge >= 0.3 is 0 Å². The number of rotatable bonds is 4. The van der Waals surface area contributed by atoms with Gasteiger partial charge in [-0.2, -0.15) is 0 Å². The SMILES string of the molecule is O=C(COc1ccccc1F)N1CCC[C@@H]1c1nc2ccccc2[nH]1. The van der Waals surface area contributed by atoms with Crippen molar-refractivity contribution in [3.63, 3.8) is 0 Å². The van der Waals surface area contributed by atoms with Crippen LogP contribution in [0, 0.1) is 5.82 Å². The van der Waals surface area contributed by atoms with Crippen molar-refractivity contribution in [2.75, 3.05) is 13.2 Å². The number of imidazole rings is 1. The van der Waals surface area contributed by atoms with E-state index in [0.717, 1.165) is 29.7 Å². The number of benzene rings is 2. The summed E-state index contributed by atoms with van der Waals surface area (Å²) in [6, 6.07) is 13.8. The maximum Gasteiger partial charge on any atom is 0.261 e. The third-order valence-electron chi connectivity index (χ3n) is 4.48. The molecule has 128 valence electrons. The summed E-state index contributed by atoms with van der Waals surface area (Å²) < 4.78 is 19.0. The first-order chi connectivity index (χ1) is 12.2. The molecule has 0 aliphatic carbocycles. The smallest absolute Gasteiger partial charge is 0.261 e. The molecular weight excluding hydrogens is 321 g/mol. The monoisotopic (exact) mass is 339 g/mol. The third kappa shape index (κ3) is 3.07. The molecule has 0 unspecified atom stereocenters. The topological polar surface area (TPSA) is 58.2 Å². The van der Waals surface area contributed by atoms with E-state index in [-0.39, 0.29) is 24.3 Å². The summed E-state index contributed by atoms with van der Waals surface area (Å²) >= 11 is 0. The summed E-state index contributed by atoms with van der Waals surface area (Å²) in [5, 5.41) is 0. The Kier molecular flexibility index (Phi) is 4.09. The van der Waals surface area contributed by atoms with Crippen LogP contribution in [0.4, 0.5) is 4.39 Å². The van der Waals surface area contributed by atoms with Gasteiger partial charge in [0.15, 0.2) is 18.2 Å². The van der Waals surface area contributed by atoms with Crippen molar-refractivity contribution >= 4 is 16.9 Å². The van der Waals surface area contributed by atoms with E-state index in [0.29, 0.717) is 6.54 Å². The van der Waals surface area contributed by atoms with E-state index in [1.54, 1.807) is 17.0 Å². The highest BCUT2D eigenvalue weighted by atomic mass is 19.1. The number of ether oxygens (including phenoxy) is 1. The number of aromatic amines is 1. The van der Waals surface area contributed by atoms with Crippen molar-refractivity contribution in [2.45, 2.75) is 18.9 Å². The van der Waals surface area contributed by atoms with Crippen molar-refractivity contribution in [1.82, 2.24) is 14.9 Å². The van der Waals surface area contributed by atoms with E-state index in [4.69, 9.17) is 4.74 Å². The molecule has 2 aromatic carbocycles. The highest BCUT2D eigenvalue weighted by Crippen LogP contribution is 2.31. The molecule has 0 radical (unpaired) electrons. The van der Waals surface area contributed by atoms with Crippen LogP contribution < -0.4 is 4.74 Å². The van der Waals surface area contributed by atoms with Gasteiger partial charge in [0.05, 0.1) is 17.1 Å². The molecule has 0 bridgehead atoms. The van der Waals surface area contributed by atoms with E-state index < -0.39 is 5.82 Å². The molecule has 1 saturated heterocycles. The first-order valence-electron chi connectivity index (χ1n) is 8.34. The maximum absolute atomic E-state index is 13.6. The van der Waals surface area contributed by atoms with Crippen LogP contribution in [0.2, 0.25) is 0 Å². The lowest BCUT2D eigenvalue weighted by Crippen LogP contribution is -2.35. The molecule has 1 amide bonds. The Morgan fingerprint density at radius 2 is 2.04 bits per heavy atom. The number of nitrogens with one attached hydrogen (secondary N) is 1. The van der Waals surface area contributed by atoms with E-state index in [1.165, 1.54) is 12.1 Å². The van der Waals surface area contributed by atoms with Gasteiger partial charge in [0.25, 0.3) is 5.91 Å². The van der Waals surface area contributed by atoms with Crippen LogP contribution in [-0.2, 0) is 4.79 Å². The molecule has 0 spiro atoms. The number of likely N-dealkylation sites (tertiary alicyclic amines) is 1. The minimum atomic E-state index is -0.467. The highest BCUT2D eigenvalue weighted by Gasteiger charge is 2.32. The predicted molar refractivity (Wildman–Crippen MR) is 91.7 cm³/mol. The number of amides is 1. The molecule has 0 saturated carbocycles. The molecule has 1 aromatic heterocycles. The summed E-state index contributed by atoms with van der Waals surface area (Å²) in [6.45, 7) is 0.471. The normalized spacial score (nSPS) is 17.2. The summed E-state index contributed by atoms with van der Waals surface area (Å²) in [6.07, 6.45) is 1.76. The van der Waals surface area contributed by atoms with Gasteiger partial charge < -0.3 is 14.6 Å². The van der Waals surface area contributed by atoms with Gasteiger partial charge in [0.2, 0.25) is 0 Å². The Bertz CT molecular complexity index is 875. The van der Waals surface area contributed by atoms with Crippen molar-refractivity contribution in [3.05, 3.63) is 60.2 Å². The van der Waals surface area contributed by atoms with E-state index in [1.807, 2.05) is 24.3 Å². The number of H-pyrrole nitrogens is 1. The molecule has 5 nitrogen and oxygen atoms in total. The largest absolute Gasteiger partial charge is 0.481 e. The van der Waals surface area contributed by atoms with E-state index >= 15 is 0 Å². The van der Waals surface area contributed by atoms with Crippen molar-refractivity contribution in [2.24, 2.45) is 0 Å². The molecule has 3 aromatic rings. The average molecular weight is 339 g/mol. The number of aromatic nitrogens is 2. The Hall–Kier alpha value is -2.89. The van der Waals surface area contributed by atoms with Crippen LogP contribution >= 0.6 is 0 Å². The molecule has 1 atom stereocenters. The fourth-order valence-corrected chi connectivity index (χ4v) is 3.26. The van der Waals surface area contributed by atoms with Crippen LogP contribution in [0.15, 0.2) is 48.5 Å². The van der Waals surface area contributed by atoms with Gasteiger partial charge in [-0.05, 0) is 37.1 Å². The lowest BCUT2D eigenvalue weighted by atomic mass is 10.2. The molecule has 2 heterocycles. The Morgan fingerprint density at radius 3 is 2.88 bits per heavy atom. The van der Waals surface area contributed by atoms with Gasteiger partial charge in [-0.1, -0.05) is 24.3 Å². The highest BCUT2D eigenvalue weighted by molar-refractivity contribution is 5.79. The maximum atomic E-state index is 13.6. The van der Waals surface area contributed by atoms with Crippen molar-refractivity contribution in [1.29, 1.82) is 0 Å². The zero-order valence-corrected chi connectivity index (χ0v) is 13.6. The van der Waals surface area contributed by atoms with Gasteiger partial charge in [0, 0.05) is 6.54 Å². The zero-order valence-electron chi connectivity index (χ0n) is 13.6. The fraction of sp³-hybridized carbons (Fsp3) is 0.263. The molecule has 6 heteroatoms.